The van der Waals surface area contributed by atoms with Gasteiger partial charge in [-0.1, -0.05) is 12.1 Å². The predicted octanol–water partition coefficient (Wildman–Crippen LogP) is -0.0328. The van der Waals surface area contributed by atoms with Crippen molar-refractivity contribution >= 4 is 34.2 Å². The molecule has 7 nitrogen and oxygen atoms in total. The third-order valence-electron chi connectivity index (χ3n) is 4.01. The summed E-state index contributed by atoms with van der Waals surface area (Å²) in [5.74, 6) is 0.117. The molecule has 2 heterocycles. The Balaban J connectivity index is 0.00000192. The number of hydrogen-bond acceptors (Lipinski definition) is 5. The van der Waals surface area contributed by atoms with Crippen molar-refractivity contribution in [1.29, 1.82) is 0 Å². The monoisotopic (exact) mass is 358 g/mol. The van der Waals surface area contributed by atoms with E-state index in [0.717, 1.165) is 19.5 Å². The van der Waals surface area contributed by atoms with E-state index in [1.54, 1.807) is 30.1 Å². The van der Waals surface area contributed by atoms with Crippen molar-refractivity contribution in [3.8, 4) is 0 Å². The van der Waals surface area contributed by atoms with Gasteiger partial charge in [-0.25, -0.2) is 8.42 Å². The quantitative estimate of drug-likeness (QED) is 0.793. The first kappa shape index (κ1) is 17.7. The molecule has 0 radical (unpaired) electrons. The van der Waals surface area contributed by atoms with E-state index in [1.165, 1.54) is 6.07 Å². The number of likely N-dealkylation sites (N-methyl/N-ethyl adjacent to an activating group) is 1. The van der Waals surface area contributed by atoms with Gasteiger partial charge in [0, 0.05) is 25.2 Å². The number of carbonyl (C=O) groups excluding carboxylic acids is 1. The molecule has 1 aromatic rings. The van der Waals surface area contributed by atoms with Crippen LogP contribution in [0, 0.1) is 0 Å². The van der Waals surface area contributed by atoms with Gasteiger partial charge in [0.1, 0.15) is 12.4 Å². The van der Waals surface area contributed by atoms with Crippen molar-refractivity contribution in [2.75, 3.05) is 26.7 Å². The van der Waals surface area contributed by atoms with Crippen molar-refractivity contribution in [3.63, 3.8) is 0 Å². The third kappa shape index (κ3) is 3.49. The SMILES string of the molecule is CN(C(=O)CN=C1NS(=O)(=O)c2ccccc21)C1CCNC1.Cl. The lowest BCUT2D eigenvalue weighted by molar-refractivity contribution is -0.130. The van der Waals surface area contributed by atoms with E-state index in [4.69, 9.17) is 0 Å². The van der Waals surface area contributed by atoms with Crippen molar-refractivity contribution in [2.45, 2.75) is 17.4 Å². The number of rotatable bonds is 3. The number of aliphatic imine (C=N–C) groups is 1. The molecule has 1 amide bonds. The molecule has 1 aromatic carbocycles. The summed E-state index contributed by atoms with van der Waals surface area (Å²) in [4.78, 5) is 18.2. The zero-order valence-electron chi connectivity index (χ0n) is 12.7. The van der Waals surface area contributed by atoms with Gasteiger partial charge in [-0.3, -0.25) is 14.5 Å². The van der Waals surface area contributed by atoms with Crippen LogP contribution in [0.2, 0.25) is 0 Å². The molecule has 0 aromatic heterocycles. The Bertz CT molecular complexity index is 729. The molecule has 1 unspecified atom stereocenters. The number of halogens is 1. The van der Waals surface area contributed by atoms with Crippen LogP contribution >= 0.6 is 12.4 Å². The zero-order valence-corrected chi connectivity index (χ0v) is 14.3. The van der Waals surface area contributed by atoms with Gasteiger partial charge in [0.15, 0.2) is 0 Å². The number of hydrogen-bond donors (Lipinski definition) is 2. The molecule has 2 aliphatic rings. The Morgan fingerprint density at radius 2 is 2.13 bits per heavy atom. The second-order valence-electron chi connectivity index (χ2n) is 5.42. The van der Waals surface area contributed by atoms with Gasteiger partial charge in [0.25, 0.3) is 10.0 Å². The molecule has 9 heteroatoms. The van der Waals surface area contributed by atoms with E-state index >= 15 is 0 Å². The molecule has 1 fully saturated rings. The molecule has 2 aliphatic heterocycles. The van der Waals surface area contributed by atoms with E-state index in [9.17, 15) is 13.2 Å². The number of carbonyl (C=O) groups is 1. The molecule has 23 heavy (non-hydrogen) atoms. The Kier molecular flexibility index (Phi) is 5.28. The standard InChI is InChI=1S/C14H18N4O3S.ClH/c1-18(10-6-7-15-8-10)13(19)9-16-14-11-4-2-3-5-12(11)22(20,21)17-14;/h2-5,10,15H,6-9H2,1H3,(H,16,17);1H. The number of amidine groups is 1. The second-order valence-corrected chi connectivity index (χ2v) is 7.07. The van der Waals surface area contributed by atoms with Crippen molar-refractivity contribution in [3.05, 3.63) is 29.8 Å². The number of nitrogens with zero attached hydrogens (tertiary/aromatic N) is 2. The minimum Gasteiger partial charge on any atom is -0.340 e. The van der Waals surface area contributed by atoms with Crippen molar-refractivity contribution < 1.29 is 13.2 Å². The average molecular weight is 359 g/mol. The third-order valence-corrected chi connectivity index (χ3v) is 5.41. The molecule has 0 aliphatic carbocycles. The smallest absolute Gasteiger partial charge is 0.263 e. The van der Waals surface area contributed by atoms with E-state index < -0.39 is 10.0 Å². The summed E-state index contributed by atoms with van der Waals surface area (Å²) in [6.07, 6.45) is 0.925. The van der Waals surface area contributed by atoms with E-state index in [2.05, 4.69) is 15.0 Å². The number of nitrogens with one attached hydrogen (secondary N) is 2. The highest BCUT2D eigenvalue weighted by Crippen LogP contribution is 2.22. The second kappa shape index (κ2) is 6.86. The largest absolute Gasteiger partial charge is 0.340 e. The van der Waals surface area contributed by atoms with Gasteiger partial charge < -0.3 is 10.2 Å². The fourth-order valence-corrected chi connectivity index (χ4v) is 3.93. The molecule has 1 saturated heterocycles. The van der Waals surface area contributed by atoms with Crippen molar-refractivity contribution in [2.24, 2.45) is 4.99 Å². The van der Waals surface area contributed by atoms with Crippen LogP contribution in [0.5, 0.6) is 0 Å². The lowest BCUT2D eigenvalue weighted by Crippen LogP contribution is -2.40. The number of amides is 1. The van der Waals surface area contributed by atoms with Gasteiger partial charge in [0.2, 0.25) is 5.91 Å². The Labute approximate surface area is 141 Å². The van der Waals surface area contributed by atoms with Crippen molar-refractivity contribution in [1.82, 2.24) is 14.9 Å². The Morgan fingerprint density at radius 3 is 2.83 bits per heavy atom. The van der Waals surface area contributed by atoms with E-state index in [-0.39, 0.29) is 41.6 Å². The van der Waals surface area contributed by atoms with Crippen LogP contribution in [0.4, 0.5) is 0 Å². The maximum Gasteiger partial charge on any atom is 0.263 e. The lowest BCUT2D eigenvalue weighted by Gasteiger charge is -2.22. The molecule has 2 N–H and O–H groups in total. The van der Waals surface area contributed by atoms with Crippen LogP contribution in [0.15, 0.2) is 34.2 Å². The van der Waals surface area contributed by atoms with Crippen LogP contribution in [0.3, 0.4) is 0 Å². The minimum absolute atomic E-state index is 0. The molecule has 0 spiro atoms. The maximum absolute atomic E-state index is 12.2. The minimum atomic E-state index is -3.55. The molecule has 1 atom stereocenters. The highest BCUT2D eigenvalue weighted by Gasteiger charge is 2.30. The summed E-state index contributed by atoms with van der Waals surface area (Å²) in [6.45, 7) is 1.62. The van der Waals surface area contributed by atoms with Gasteiger partial charge >= 0.3 is 0 Å². The summed E-state index contributed by atoms with van der Waals surface area (Å²) in [6, 6.07) is 6.79. The fraction of sp³-hybridized carbons (Fsp3) is 0.429. The highest BCUT2D eigenvalue weighted by atomic mass is 35.5. The summed E-state index contributed by atoms with van der Waals surface area (Å²) in [7, 11) is -1.80. The number of sulfonamides is 1. The van der Waals surface area contributed by atoms with Gasteiger partial charge in [-0.15, -0.1) is 12.4 Å². The normalized spacial score (nSPS) is 23.0. The molecule has 126 valence electrons. The first-order valence-electron chi connectivity index (χ1n) is 7.12. The summed E-state index contributed by atoms with van der Waals surface area (Å²) < 4.78 is 26.3. The summed E-state index contributed by atoms with van der Waals surface area (Å²) in [5, 5.41) is 3.21. The first-order valence-corrected chi connectivity index (χ1v) is 8.60. The van der Waals surface area contributed by atoms with Crippen LogP contribution in [-0.2, 0) is 14.8 Å². The van der Waals surface area contributed by atoms with Crippen LogP contribution in [0.25, 0.3) is 0 Å². The Morgan fingerprint density at radius 1 is 1.39 bits per heavy atom. The van der Waals surface area contributed by atoms with Crippen LogP contribution in [0.1, 0.15) is 12.0 Å². The molecule has 0 bridgehead atoms. The lowest BCUT2D eigenvalue weighted by atomic mass is 10.2. The van der Waals surface area contributed by atoms with E-state index in [1.807, 2.05) is 0 Å². The Hall–Kier alpha value is -1.64. The maximum atomic E-state index is 12.2. The molecular formula is C14H19ClN4O3S. The zero-order chi connectivity index (χ0) is 15.7. The predicted molar refractivity (Wildman–Crippen MR) is 89.5 cm³/mol. The van der Waals surface area contributed by atoms with Crippen LogP contribution in [-0.4, -0.2) is 57.8 Å². The topological polar surface area (TPSA) is 90.9 Å². The number of benzene rings is 1. The highest BCUT2D eigenvalue weighted by molar-refractivity contribution is 7.90. The molecular weight excluding hydrogens is 340 g/mol. The molecule has 3 rings (SSSR count). The van der Waals surface area contributed by atoms with Gasteiger partial charge in [-0.2, -0.15) is 0 Å². The summed E-state index contributed by atoms with van der Waals surface area (Å²) >= 11 is 0. The summed E-state index contributed by atoms with van der Waals surface area (Å²) in [5.41, 5.74) is 0.514. The van der Waals surface area contributed by atoms with Crippen LogP contribution < -0.4 is 10.0 Å². The van der Waals surface area contributed by atoms with Gasteiger partial charge in [0.05, 0.1) is 4.90 Å². The van der Waals surface area contributed by atoms with E-state index in [0.29, 0.717) is 5.56 Å². The average Bonchev–Trinajstić information content (AvgIpc) is 3.12. The number of fused-ring (bicyclic) bond motifs is 1. The first-order chi connectivity index (χ1) is 10.5. The fourth-order valence-electron chi connectivity index (χ4n) is 2.68. The van der Waals surface area contributed by atoms with Gasteiger partial charge in [-0.05, 0) is 25.1 Å². The molecule has 0 saturated carbocycles.